The zero-order valence-corrected chi connectivity index (χ0v) is 21.9. The van der Waals surface area contributed by atoms with Gasteiger partial charge in [0.2, 0.25) is 5.88 Å². The molecule has 0 saturated heterocycles. The van der Waals surface area contributed by atoms with Gasteiger partial charge >= 0.3 is 5.97 Å². The van der Waals surface area contributed by atoms with Crippen LogP contribution >= 0.6 is 34.8 Å². The normalized spacial score (nSPS) is 16.1. The number of ether oxygens (including phenoxy) is 2. The van der Waals surface area contributed by atoms with Gasteiger partial charge in [-0.15, -0.1) is 0 Å². The van der Waals surface area contributed by atoms with Crippen LogP contribution in [0.5, 0.6) is 5.88 Å². The van der Waals surface area contributed by atoms with E-state index in [-0.39, 0.29) is 0 Å². The van der Waals surface area contributed by atoms with Gasteiger partial charge in [-0.1, -0.05) is 65.1 Å². The lowest BCUT2D eigenvalue weighted by atomic mass is 9.90. The second-order valence-corrected chi connectivity index (χ2v) is 10.5. The van der Waals surface area contributed by atoms with Crippen molar-refractivity contribution in [2.75, 3.05) is 0 Å². The van der Waals surface area contributed by atoms with Gasteiger partial charge in [-0.2, -0.15) is 0 Å². The minimum Gasteiger partial charge on any atom is -0.471 e. The molecule has 0 amide bonds. The lowest BCUT2D eigenvalue weighted by Gasteiger charge is -2.37. The van der Waals surface area contributed by atoms with Gasteiger partial charge in [0.1, 0.15) is 11.7 Å². The number of hydrogen-bond acceptors (Lipinski definition) is 4. The number of carbonyl (C=O) groups excluding carboxylic acids is 1. The fourth-order valence-corrected chi connectivity index (χ4v) is 4.92. The van der Waals surface area contributed by atoms with Crippen LogP contribution < -0.4 is 4.74 Å². The molecule has 0 fully saturated rings. The molecule has 0 saturated carbocycles. The van der Waals surface area contributed by atoms with Crippen LogP contribution in [0.4, 0.5) is 0 Å². The van der Waals surface area contributed by atoms with E-state index in [0.29, 0.717) is 49.8 Å². The van der Waals surface area contributed by atoms with Crippen LogP contribution in [0.15, 0.2) is 78.9 Å². The quantitative estimate of drug-likeness (QED) is 0.244. The number of pyridine rings is 1. The molecule has 5 rings (SSSR count). The van der Waals surface area contributed by atoms with Crippen molar-refractivity contribution in [3.8, 4) is 28.3 Å². The average Bonchev–Trinajstić information content (AvgIpc) is 2.84. The van der Waals surface area contributed by atoms with E-state index in [0.717, 1.165) is 11.1 Å². The SMILES string of the molecule is CC1(C)C[C@@H](OC(=O)c2ccccc2)c2cc(-c3ccc(Cl)cc3)c(-c3ccc(Cl)cc3Cl)nc2O1. The van der Waals surface area contributed by atoms with Crippen molar-refractivity contribution < 1.29 is 14.3 Å². The molecule has 1 aliphatic rings. The predicted molar refractivity (Wildman–Crippen MR) is 144 cm³/mol. The fraction of sp³-hybridized carbons (Fsp3) is 0.172. The summed E-state index contributed by atoms with van der Waals surface area (Å²) in [7, 11) is 0. The van der Waals surface area contributed by atoms with Gasteiger partial charge in [-0.3, -0.25) is 0 Å². The molecule has 4 nitrogen and oxygen atoms in total. The number of hydrogen-bond donors (Lipinski definition) is 0. The molecule has 2 heterocycles. The molecule has 0 aliphatic carbocycles. The second-order valence-electron chi connectivity index (χ2n) is 9.24. The molecular weight excluding hydrogens is 517 g/mol. The number of nitrogens with zero attached hydrogens (tertiary/aromatic N) is 1. The van der Waals surface area contributed by atoms with Crippen LogP contribution in [0.2, 0.25) is 15.1 Å². The van der Waals surface area contributed by atoms with Gasteiger partial charge in [-0.25, -0.2) is 9.78 Å². The highest BCUT2D eigenvalue weighted by Crippen LogP contribution is 2.46. The van der Waals surface area contributed by atoms with Crippen molar-refractivity contribution in [2.45, 2.75) is 32.0 Å². The van der Waals surface area contributed by atoms with Crippen LogP contribution in [0, 0.1) is 0 Å². The Morgan fingerprint density at radius 1 is 0.917 bits per heavy atom. The highest BCUT2D eigenvalue weighted by Gasteiger charge is 2.38. The molecule has 1 aromatic heterocycles. The maximum absolute atomic E-state index is 13.0. The molecule has 4 aromatic rings. The van der Waals surface area contributed by atoms with Crippen molar-refractivity contribution in [3.05, 3.63) is 105 Å². The summed E-state index contributed by atoms with van der Waals surface area (Å²) < 4.78 is 12.3. The number of halogens is 3. The van der Waals surface area contributed by atoms with E-state index in [1.54, 1.807) is 36.4 Å². The molecule has 0 bridgehead atoms. The van der Waals surface area contributed by atoms with Crippen LogP contribution in [0.1, 0.15) is 42.3 Å². The van der Waals surface area contributed by atoms with Crippen molar-refractivity contribution in [1.82, 2.24) is 4.98 Å². The zero-order chi connectivity index (χ0) is 25.4. The smallest absolute Gasteiger partial charge is 0.338 e. The molecule has 0 radical (unpaired) electrons. The van der Waals surface area contributed by atoms with E-state index in [9.17, 15) is 4.79 Å². The zero-order valence-electron chi connectivity index (χ0n) is 19.6. The standard InChI is InChI=1S/C29H22Cl3NO3/c1-29(2)16-25(35-28(34)18-6-4-3-5-7-18)23-15-22(17-8-10-19(30)11-9-17)26(33-27(23)36-29)21-13-12-20(31)14-24(21)32/h3-15,25H,16H2,1-2H3/t25-/m1/s1. The van der Waals surface area contributed by atoms with Crippen molar-refractivity contribution in [1.29, 1.82) is 0 Å². The summed E-state index contributed by atoms with van der Waals surface area (Å²) in [6, 6.07) is 23.6. The first-order valence-electron chi connectivity index (χ1n) is 11.4. The Kier molecular flexibility index (Phi) is 6.69. The van der Waals surface area contributed by atoms with E-state index in [4.69, 9.17) is 49.3 Å². The molecular formula is C29H22Cl3NO3. The molecule has 1 atom stereocenters. The Balaban J connectivity index is 1.67. The fourth-order valence-electron chi connectivity index (χ4n) is 4.30. The molecule has 0 spiro atoms. The van der Waals surface area contributed by atoms with Crippen molar-refractivity contribution in [2.24, 2.45) is 0 Å². The third-order valence-electron chi connectivity index (χ3n) is 6.01. The van der Waals surface area contributed by atoms with E-state index in [2.05, 4.69) is 0 Å². The topological polar surface area (TPSA) is 48.4 Å². The lowest BCUT2D eigenvalue weighted by Crippen LogP contribution is -2.36. The third-order valence-corrected chi connectivity index (χ3v) is 6.81. The van der Waals surface area contributed by atoms with E-state index in [1.165, 1.54) is 0 Å². The molecule has 182 valence electrons. The van der Waals surface area contributed by atoms with Gasteiger partial charge in [-0.05, 0) is 67.9 Å². The Bertz CT molecular complexity index is 1440. The summed E-state index contributed by atoms with van der Waals surface area (Å²) in [6.45, 7) is 3.89. The Hall–Kier alpha value is -3.05. The monoisotopic (exact) mass is 537 g/mol. The number of carbonyl (C=O) groups is 1. The summed E-state index contributed by atoms with van der Waals surface area (Å²) in [5.74, 6) is -0.00189. The molecule has 7 heteroatoms. The minimum atomic E-state index is -0.607. The maximum atomic E-state index is 13.0. The summed E-state index contributed by atoms with van der Waals surface area (Å²) in [5.41, 5.74) is 3.59. The highest BCUT2D eigenvalue weighted by molar-refractivity contribution is 6.36. The summed E-state index contributed by atoms with van der Waals surface area (Å²) in [5, 5.41) is 1.61. The van der Waals surface area contributed by atoms with Gasteiger partial charge in [0.05, 0.1) is 21.8 Å². The minimum absolute atomic E-state index is 0.399. The Labute approximate surface area is 224 Å². The number of benzene rings is 3. The molecule has 0 unspecified atom stereocenters. The van der Waals surface area contributed by atoms with Crippen LogP contribution in [-0.2, 0) is 4.74 Å². The third kappa shape index (κ3) is 5.08. The van der Waals surface area contributed by atoms with Crippen LogP contribution in [0.25, 0.3) is 22.4 Å². The first-order chi connectivity index (χ1) is 17.2. The van der Waals surface area contributed by atoms with E-state index in [1.807, 2.05) is 56.3 Å². The van der Waals surface area contributed by atoms with Crippen LogP contribution in [0.3, 0.4) is 0 Å². The van der Waals surface area contributed by atoms with Gasteiger partial charge < -0.3 is 9.47 Å². The molecule has 3 aromatic carbocycles. The van der Waals surface area contributed by atoms with Gasteiger partial charge in [0, 0.05) is 27.6 Å². The molecule has 0 N–H and O–H groups in total. The summed E-state index contributed by atoms with van der Waals surface area (Å²) in [6.07, 6.45) is -0.0776. The molecule has 36 heavy (non-hydrogen) atoms. The van der Waals surface area contributed by atoms with Crippen molar-refractivity contribution >= 4 is 40.8 Å². The number of rotatable bonds is 4. The van der Waals surface area contributed by atoms with E-state index >= 15 is 0 Å². The number of aromatic nitrogens is 1. The van der Waals surface area contributed by atoms with E-state index < -0.39 is 17.7 Å². The second kappa shape index (κ2) is 9.78. The Morgan fingerprint density at radius 3 is 2.31 bits per heavy atom. The molecule has 1 aliphatic heterocycles. The summed E-state index contributed by atoms with van der Waals surface area (Å²) >= 11 is 18.9. The van der Waals surface area contributed by atoms with Gasteiger partial charge in [0.25, 0.3) is 0 Å². The van der Waals surface area contributed by atoms with Crippen LogP contribution in [-0.4, -0.2) is 16.6 Å². The predicted octanol–water partition coefficient (Wildman–Crippen LogP) is 8.84. The largest absolute Gasteiger partial charge is 0.471 e. The van der Waals surface area contributed by atoms with Gasteiger partial charge in [0.15, 0.2) is 0 Å². The Morgan fingerprint density at radius 2 is 1.61 bits per heavy atom. The maximum Gasteiger partial charge on any atom is 0.338 e. The first-order valence-corrected chi connectivity index (χ1v) is 12.5. The average molecular weight is 539 g/mol. The highest BCUT2D eigenvalue weighted by atomic mass is 35.5. The number of esters is 1. The first kappa shape index (κ1) is 24.6. The lowest BCUT2D eigenvalue weighted by molar-refractivity contribution is -0.0184. The summed E-state index contributed by atoms with van der Waals surface area (Å²) in [4.78, 5) is 17.9. The number of fused-ring (bicyclic) bond motifs is 1. The van der Waals surface area contributed by atoms with Crippen molar-refractivity contribution in [3.63, 3.8) is 0 Å².